The van der Waals surface area contributed by atoms with Crippen molar-refractivity contribution in [2.75, 3.05) is 6.54 Å². The Kier molecular flexibility index (Phi) is 4.96. The van der Waals surface area contributed by atoms with E-state index in [1.54, 1.807) is 6.07 Å². The van der Waals surface area contributed by atoms with Crippen LogP contribution in [0.3, 0.4) is 0 Å². The molecule has 0 radical (unpaired) electrons. The lowest BCUT2D eigenvalue weighted by atomic mass is 10.1. The third-order valence-corrected chi connectivity index (χ3v) is 2.31. The molecule has 0 aromatic heterocycles. The van der Waals surface area contributed by atoms with Gasteiger partial charge in [0.1, 0.15) is 0 Å². The minimum Gasteiger partial charge on any atom is -0.330 e. The number of halogens is 3. The van der Waals surface area contributed by atoms with Crippen LogP contribution < -0.4 is 11.5 Å². The summed E-state index contributed by atoms with van der Waals surface area (Å²) in [6, 6.07) is 5.81. The van der Waals surface area contributed by atoms with Crippen molar-refractivity contribution in [2.45, 2.75) is 31.5 Å². The van der Waals surface area contributed by atoms with E-state index in [9.17, 15) is 13.2 Å². The molecule has 0 atom stereocenters. The fourth-order valence-corrected chi connectivity index (χ4v) is 1.17. The normalized spacial score (nSPS) is 15.1. The first-order valence-corrected chi connectivity index (χ1v) is 5.55. The summed E-state index contributed by atoms with van der Waals surface area (Å²) in [6.07, 6.45) is -1.26. The summed E-state index contributed by atoms with van der Waals surface area (Å²) in [4.78, 5) is 0. The molecule has 0 spiro atoms. The van der Waals surface area contributed by atoms with E-state index in [-0.39, 0.29) is 0 Å². The monoisotopic (exact) mass is 246 g/mol. The average Bonchev–Trinajstić information content (AvgIpc) is 3.01. The first-order chi connectivity index (χ1) is 7.93. The van der Waals surface area contributed by atoms with Crippen LogP contribution in [0.1, 0.15) is 24.0 Å². The first-order valence-electron chi connectivity index (χ1n) is 5.55. The predicted octanol–water partition coefficient (Wildman–Crippen LogP) is 2.31. The summed E-state index contributed by atoms with van der Waals surface area (Å²) in [5.74, 6) is 0. The lowest BCUT2D eigenvalue weighted by Gasteiger charge is -2.07. The molecule has 0 saturated heterocycles. The summed E-state index contributed by atoms with van der Waals surface area (Å²) < 4.78 is 36.5. The molecule has 2 rings (SSSR count). The molecule has 0 heterocycles. The third kappa shape index (κ3) is 5.70. The van der Waals surface area contributed by atoms with Crippen LogP contribution in [-0.2, 0) is 12.6 Å². The Labute approximate surface area is 98.8 Å². The van der Waals surface area contributed by atoms with Crippen LogP contribution >= 0.6 is 0 Å². The summed E-state index contributed by atoms with van der Waals surface area (Å²) >= 11 is 0. The molecule has 1 aliphatic carbocycles. The maximum atomic E-state index is 12.2. The van der Waals surface area contributed by atoms with Crippen molar-refractivity contribution in [2.24, 2.45) is 11.5 Å². The second kappa shape index (κ2) is 6.02. The van der Waals surface area contributed by atoms with Crippen LogP contribution in [0.15, 0.2) is 24.3 Å². The van der Waals surface area contributed by atoms with Gasteiger partial charge in [-0.3, -0.25) is 0 Å². The molecule has 1 saturated carbocycles. The smallest absolute Gasteiger partial charge is 0.330 e. The van der Waals surface area contributed by atoms with E-state index in [4.69, 9.17) is 11.5 Å². The zero-order valence-electron chi connectivity index (χ0n) is 9.50. The van der Waals surface area contributed by atoms with Crippen LogP contribution in [0.5, 0.6) is 0 Å². The highest BCUT2D eigenvalue weighted by atomic mass is 19.4. The van der Waals surface area contributed by atoms with Gasteiger partial charge >= 0.3 is 6.18 Å². The van der Waals surface area contributed by atoms with Gasteiger partial charge < -0.3 is 11.5 Å². The van der Waals surface area contributed by atoms with E-state index >= 15 is 0 Å². The molecule has 1 aromatic rings. The molecule has 96 valence electrons. The highest BCUT2D eigenvalue weighted by Gasteiger charge is 2.30. The number of hydrogen-bond donors (Lipinski definition) is 2. The molecular weight excluding hydrogens is 229 g/mol. The summed E-state index contributed by atoms with van der Waals surface area (Å²) in [7, 11) is 0. The van der Waals surface area contributed by atoms with Gasteiger partial charge in [0.2, 0.25) is 0 Å². The Hall–Kier alpha value is -1.07. The minimum absolute atomic E-state index is 0.362. The van der Waals surface area contributed by atoms with E-state index in [1.807, 2.05) is 0 Å². The van der Waals surface area contributed by atoms with Crippen molar-refractivity contribution in [1.29, 1.82) is 0 Å². The lowest BCUT2D eigenvalue weighted by Crippen LogP contribution is -2.07. The van der Waals surface area contributed by atoms with E-state index in [0.717, 1.165) is 12.1 Å². The Morgan fingerprint density at radius 3 is 2.24 bits per heavy atom. The van der Waals surface area contributed by atoms with E-state index in [2.05, 4.69) is 0 Å². The molecule has 0 bridgehead atoms. The van der Waals surface area contributed by atoms with Gasteiger partial charge in [-0.05, 0) is 37.4 Å². The van der Waals surface area contributed by atoms with Gasteiger partial charge in [-0.15, -0.1) is 0 Å². The summed E-state index contributed by atoms with van der Waals surface area (Å²) in [6.45, 7) is 0.362. The number of nitrogens with two attached hydrogens (primary N) is 2. The summed E-state index contributed by atoms with van der Waals surface area (Å²) in [5.41, 5.74) is 10.5. The van der Waals surface area contributed by atoms with Crippen LogP contribution in [-0.4, -0.2) is 12.6 Å². The molecule has 0 aliphatic heterocycles. The molecule has 17 heavy (non-hydrogen) atoms. The van der Waals surface area contributed by atoms with Gasteiger partial charge in [0, 0.05) is 6.04 Å². The number of rotatable bonds is 2. The molecule has 1 aromatic carbocycles. The second-order valence-corrected chi connectivity index (χ2v) is 4.07. The Balaban J connectivity index is 0.000000302. The van der Waals surface area contributed by atoms with Crippen molar-refractivity contribution in [3.63, 3.8) is 0 Å². The van der Waals surface area contributed by atoms with Gasteiger partial charge in [0.05, 0.1) is 5.56 Å². The second-order valence-electron chi connectivity index (χ2n) is 4.07. The largest absolute Gasteiger partial charge is 0.416 e. The molecule has 4 N–H and O–H groups in total. The molecule has 1 fully saturated rings. The van der Waals surface area contributed by atoms with Crippen LogP contribution in [0.2, 0.25) is 0 Å². The van der Waals surface area contributed by atoms with Crippen LogP contribution in [0, 0.1) is 0 Å². The number of alkyl halides is 3. The van der Waals surface area contributed by atoms with E-state index in [0.29, 0.717) is 24.6 Å². The molecule has 5 heteroatoms. The van der Waals surface area contributed by atoms with Gasteiger partial charge in [-0.1, -0.05) is 18.2 Å². The van der Waals surface area contributed by atoms with Crippen molar-refractivity contribution in [3.05, 3.63) is 35.4 Å². The van der Waals surface area contributed by atoms with Gasteiger partial charge in [-0.2, -0.15) is 13.2 Å². The predicted molar refractivity (Wildman–Crippen MR) is 61.4 cm³/mol. The first kappa shape index (κ1) is 14.0. The molecule has 1 aliphatic rings. The topological polar surface area (TPSA) is 52.0 Å². The fraction of sp³-hybridized carbons (Fsp3) is 0.500. The SMILES string of the molecule is NC1CC1.NCCc1cccc(C(F)(F)F)c1. The zero-order chi connectivity index (χ0) is 12.9. The van der Waals surface area contributed by atoms with Crippen molar-refractivity contribution in [3.8, 4) is 0 Å². The highest BCUT2D eigenvalue weighted by Crippen LogP contribution is 2.29. The maximum Gasteiger partial charge on any atom is 0.416 e. The molecule has 0 amide bonds. The van der Waals surface area contributed by atoms with Crippen LogP contribution in [0.4, 0.5) is 13.2 Å². The molecule has 2 nitrogen and oxygen atoms in total. The maximum absolute atomic E-state index is 12.2. The number of benzene rings is 1. The quantitative estimate of drug-likeness (QED) is 0.841. The van der Waals surface area contributed by atoms with E-state index < -0.39 is 11.7 Å². The Morgan fingerprint density at radius 1 is 1.24 bits per heavy atom. The molecule has 0 unspecified atom stereocenters. The van der Waals surface area contributed by atoms with E-state index in [1.165, 1.54) is 18.9 Å². The minimum atomic E-state index is -4.26. The fourth-order valence-electron chi connectivity index (χ4n) is 1.17. The van der Waals surface area contributed by atoms with Crippen LogP contribution in [0.25, 0.3) is 0 Å². The van der Waals surface area contributed by atoms with Crippen molar-refractivity contribution >= 4 is 0 Å². The highest BCUT2D eigenvalue weighted by molar-refractivity contribution is 5.25. The van der Waals surface area contributed by atoms with Gasteiger partial charge in [0.15, 0.2) is 0 Å². The third-order valence-electron chi connectivity index (χ3n) is 2.31. The number of hydrogen-bond acceptors (Lipinski definition) is 2. The summed E-state index contributed by atoms with van der Waals surface area (Å²) in [5, 5.41) is 0. The molecular formula is C12H17F3N2. The average molecular weight is 246 g/mol. The lowest BCUT2D eigenvalue weighted by molar-refractivity contribution is -0.137. The van der Waals surface area contributed by atoms with Gasteiger partial charge in [0.25, 0.3) is 0 Å². The van der Waals surface area contributed by atoms with Crippen molar-refractivity contribution in [1.82, 2.24) is 0 Å². The standard InChI is InChI=1S/C9H10F3N.C3H7N/c10-9(11,12)8-3-1-2-7(6-8)4-5-13;4-3-1-2-3/h1-3,6H,4-5,13H2;3H,1-2,4H2. The Morgan fingerprint density at radius 2 is 1.82 bits per heavy atom. The van der Waals surface area contributed by atoms with Gasteiger partial charge in [-0.25, -0.2) is 0 Å². The Bertz CT molecular complexity index is 346. The zero-order valence-corrected chi connectivity index (χ0v) is 9.50. The van der Waals surface area contributed by atoms with Crippen molar-refractivity contribution < 1.29 is 13.2 Å².